The van der Waals surface area contributed by atoms with Crippen molar-refractivity contribution >= 4 is 6.16 Å². The minimum absolute atomic E-state index is 0.488. The van der Waals surface area contributed by atoms with E-state index >= 15 is 0 Å². The number of rotatable bonds is 26. The maximum absolute atomic E-state index is 11.6. The van der Waals surface area contributed by atoms with Gasteiger partial charge in [-0.25, -0.2) is 4.79 Å². The van der Waals surface area contributed by atoms with Crippen molar-refractivity contribution in [3.8, 4) is 0 Å². The molecular weight excluding hydrogens is 432 g/mol. The van der Waals surface area contributed by atoms with Gasteiger partial charge in [-0.05, 0) is 50.9 Å². The molecule has 0 amide bonds. The summed E-state index contributed by atoms with van der Waals surface area (Å²) in [6.45, 7) is 7.84. The summed E-state index contributed by atoms with van der Waals surface area (Å²) in [6.07, 6.45) is 34.8. The van der Waals surface area contributed by atoms with Crippen LogP contribution in [0.25, 0.3) is 0 Å². The van der Waals surface area contributed by atoms with E-state index in [9.17, 15) is 4.79 Å². The van der Waals surface area contributed by atoms with E-state index in [1.165, 1.54) is 103 Å². The van der Waals surface area contributed by atoms with Crippen LogP contribution >= 0.6 is 0 Å². The summed E-state index contributed by atoms with van der Waals surface area (Å²) in [7, 11) is 0. The lowest BCUT2D eigenvalue weighted by atomic mass is 10.0. The van der Waals surface area contributed by atoms with E-state index in [-0.39, 0.29) is 0 Å². The number of unbranched alkanes of at least 4 members (excludes halogenated alkanes) is 16. The number of ether oxygens (including phenoxy) is 2. The molecule has 0 saturated carbocycles. The Morgan fingerprint density at radius 2 is 1.00 bits per heavy atom. The van der Waals surface area contributed by atoms with Crippen molar-refractivity contribution in [2.45, 2.75) is 156 Å². The molecule has 0 atom stereocenters. The Balaban J connectivity index is 3.24. The van der Waals surface area contributed by atoms with E-state index in [0.29, 0.717) is 13.2 Å². The van der Waals surface area contributed by atoms with Gasteiger partial charge in [-0.3, -0.25) is 0 Å². The lowest BCUT2D eigenvalue weighted by molar-refractivity contribution is 0.0529. The Hall–Kier alpha value is -1.25. The standard InChI is InChI=1S/C32H60O3/c1-4-5-6-7-8-9-10-11-12-13-14-15-17-20-23-26-29-34-32(33)35-30-27-24-21-18-16-19-22-25-28-31(2)3/h8-9,11-12,31H,4-7,10,13-30H2,1-3H3/b9-8-,12-11-. The molecule has 0 aromatic rings. The average Bonchev–Trinajstić information content (AvgIpc) is 2.84. The second kappa shape index (κ2) is 29.0. The zero-order valence-corrected chi connectivity index (χ0v) is 23.9. The quantitative estimate of drug-likeness (QED) is 0.0684. The summed E-state index contributed by atoms with van der Waals surface area (Å²) >= 11 is 0. The van der Waals surface area contributed by atoms with Gasteiger partial charge in [-0.2, -0.15) is 0 Å². The van der Waals surface area contributed by atoms with E-state index in [4.69, 9.17) is 9.47 Å². The first kappa shape index (κ1) is 33.8. The van der Waals surface area contributed by atoms with Gasteiger partial charge >= 0.3 is 6.16 Å². The third-order valence-electron chi connectivity index (χ3n) is 6.46. The van der Waals surface area contributed by atoms with Crippen molar-refractivity contribution in [3.63, 3.8) is 0 Å². The van der Waals surface area contributed by atoms with Crippen molar-refractivity contribution in [2.24, 2.45) is 5.92 Å². The van der Waals surface area contributed by atoms with Gasteiger partial charge < -0.3 is 9.47 Å². The van der Waals surface area contributed by atoms with Crippen LogP contribution < -0.4 is 0 Å². The summed E-state index contributed by atoms with van der Waals surface area (Å²) in [6, 6.07) is 0. The van der Waals surface area contributed by atoms with Crippen molar-refractivity contribution in [2.75, 3.05) is 13.2 Å². The maximum Gasteiger partial charge on any atom is 0.508 e. The minimum atomic E-state index is -0.488. The van der Waals surface area contributed by atoms with Gasteiger partial charge in [0.05, 0.1) is 13.2 Å². The highest BCUT2D eigenvalue weighted by Crippen LogP contribution is 2.13. The number of allylic oxidation sites excluding steroid dienone is 4. The Morgan fingerprint density at radius 3 is 1.49 bits per heavy atom. The van der Waals surface area contributed by atoms with Gasteiger partial charge in [-0.1, -0.05) is 135 Å². The largest absolute Gasteiger partial charge is 0.508 e. The molecule has 0 aromatic carbocycles. The van der Waals surface area contributed by atoms with Crippen LogP contribution in [0.2, 0.25) is 0 Å². The van der Waals surface area contributed by atoms with Crippen LogP contribution in [0.4, 0.5) is 4.79 Å². The summed E-state index contributed by atoms with van der Waals surface area (Å²) in [5.41, 5.74) is 0. The third kappa shape index (κ3) is 30.7. The smallest absolute Gasteiger partial charge is 0.434 e. The first-order valence-electron chi connectivity index (χ1n) is 15.3. The van der Waals surface area contributed by atoms with Gasteiger partial charge in [0, 0.05) is 0 Å². The molecule has 206 valence electrons. The lowest BCUT2D eigenvalue weighted by Gasteiger charge is -2.07. The predicted octanol–water partition coefficient (Wildman–Crippen LogP) is 11.1. The van der Waals surface area contributed by atoms with Gasteiger partial charge in [0.2, 0.25) is 0 Å². The molecule has 0 saturated heterocycles. The highest BCUT2D eigenvalue weighted by Gasteiger charge is 2.03. The van der Waals surface area contributed by atoms with E-state index < -0.39 is 6.16 Å². The van der Waals surface area contributed by atoms with Crippen LogP contribution in [0.15, 0.2) is 24.3 Å². The molecule has 0 spiro atoms. The van der Waals surface area contributed by atoms with Crippen molar-refractivity contribution < 1.29 is 14.3 Å². The third-order valence-corrected chi connectivity index (χ3v) is 6.46. The molecule has 0 radical (unpaired) electrons. The second-order valence-electron chi connectivity index (χ2n) is 10.5. The van der Waals surface area contributed by atoms with Crippen molar-refractivity contribution in [1.29, 1.82) is 0 Å². The lowest BCUT2D eigenvalue weighted by Crippen LogP contribution is -2.09. The molecule has 0 aromatic heterocycles. The van der Waals surface area contributed by atoms with Gasteiger partial charge in [0.1, 0.15) is 0 Å². The zero-order chi connectivity index (χ0) is 25.7. The summed E-state index contributed by atoms with van der Waals surface area (Å²) in [4.78, 5) is 11.6. The molecule has 0 bridgehead atoms. The van der Waals surface area contributed by atoms with Crippen LogP contribution in [0.1, 0.15) is 156 Å². The molecule has 3 nitrogen and oxygen atoms in total. The normalized spacial score (nSPS) is 11.8. The van der Waals surface area contributed by atoms with Crippen LogP contribution in [0.3, 0.4) is 0 Å². The van der Waals surface area contributed by atoms with E-state index in [1.54, 1.807) is 0 Å². The highest BCUT2D eigenvalue weighted by molar-refractivity contribution is 5.59. The fraction of sp³-hybridized carbons (Fsp3) is 0.844. The molecular formula is C32H60O3. The Kier molecular flexibility index (Phi) is 27.9. The van der Waals surface area contributed by atoms with E-state index in [1.807, 2.05) is 0 Å². The van der Waals surface area contributed by atoms with Crippen molar-refractivity contribution in [1.82, 2.24) is 0 Å². The fourth-order valence-electron chi connectivity index (χ4n) is 4.16. The molecule has 0 aliphatic carbocycles. The first-order chi connectivity index (χ1) is 17.2. The summed E-state index contributed by atoms with van der Waals surface area (Å²) < 4.78 is 10.4. The SMILES string of the molecule is CCCCC/C=C\C/C=C\CCCCCCCCOC(=O)OCCCCCCCCCCC(C)C. The molecule has 0 rings (SSSR count). The Bertz CT molecular complexity index is 481. The van der Waals surface area contributed by atoms with Crippen molar-refractivity contribution in [3.05, 3.63) is 24.3 Å². The fourth-order valence-corrected chi connectivity index (χ4v) is 4.16. The van der Waals surface area contributed by atoms with Crippen LogP contribution in [0, 0.1) is 5.92 Å². The average molecular weight is 493 g/mol. The molecule has 0 aliphatic heterocycles. The van der Waals surface area contributed by atoms with E-state index in [0.717, 1.165) is 38.0 Å². The number of carbonyl (C=O) groups is 1. The van der Waals surface area contributed by atoms with Crippen LogP contribution in [-0.4, -0.2) is 19.4 Å². The predicted molar refractivity (Wildman–Crippen MR) is 153 cm³/mol. The molecule has 35 heavy (non-hydrogen) atoms. The number of hydrogen-bond donors (Lipinski definition) is 0. The molecule has 0 aliphatic rings. The highest BCUT2D eigenvalue weighted by atomic mass is 16.7. The summed E-state index contributed by atoms with van der Waals surface area (Å²) in [5.74, 6) is 0.840. The Morgan fingerprint density at radius 1 is 0.571 bits per heavy atom. The molecule has 0 heterocycles. The topological polar surface area (TPSA) is 35.5 Å². The zero-order valence-electron chi connectivity index (χ0n) is 23.9. The van der Waals surface area contributed by atoms with Gasteiger partial charge in [0.15, 0.2) is 0 Å². The number of carbonyl (C=O) groups excluding carboxylic acids is 1. The molecule has 0 unspecified atom stereocenters. The second-order valence-corrected chi connectivity index (χ2v) is 10.5. The van der Waals surface area contributed by atoms with Crippen LogP contribution in [0.5, 0.6) is 0 Å². The van der Waals surface area contributed by atoms with Gasteiger partial charge in [-0.15, -0.1) is 0 Å². The monoisotopic (exact) mass is 492 g/mol. The molecule has 0 N–H and O–H groups in total. The van der Waals surface area contributed by atoms with Gasteiger partial charge in [0.25, 0.3) is 0 Å². The van der Waals surface area contributed by atoms with E-state index in [2.05, 4.69) is 45.1 Å². The number of hydrogen-bond acceptors (Lipinski definition) is 3. The minimum Gasteiger partial charge on any atom is -0.434 e. The van der Waals surface area contributed by atoms with Crippen LogP contribution in [-0.2, 0) is 9.47 Å². The molecule has 3 heteroatoms. The Labute approximate surface area is 219 Å². The maximum atomic E-state index is 11.6. The first-order valence-corrected chi connectivity index (χ1v) is 15.3. The molecule has 0 fully saturated rings. The summed E-state index contributed by atoms with van der Waals surface area (Å²) in [5, 5.41) is 0.